The van der Waals surface area contributed by atoms with Gasteiger partial charge in [0.1, 0.15) is 0 Å². The molecule has 0 bridgehead atoms. The molecule has 0 heterocycles. The van der Waals surface area contributed by atoms with E-state index in [2.05, 4.69) is 25.2 Å². The number of nitrogens with one attached hydrogen (secondary N) is 1. The van der Waals surface area contributed by atoms with Crippen molar-refractivity contribution in [3.63, 3.8) is 0 Å². The van der Waals surface area contributed by atoms with Crippen molar-refractivity contribution in [2.75, 3.05) is 12.4 Å². The molecule has 0 aromatic heterocycles. The first-order valence-electron chi connectivity index (χ1n) is 4.15. The predicted molar refractivity (Wildman–Crippen MR) is 55.1 cm³/mol. The Labute approximate surface area is 78.7 Å². The maximum atomic E-state index is 6.03. The molecule has 0 spiro atoms. The van der Waals surface area contributed by atoms with Gasteiger partial charge >= 0.3 is 0 Å². The molecular weight excluding hydrogens is 170 g/mol. The van der Waals surface area contributed by atoms with Crippen molar-refractivity contribution in [2.24, 2.45) is 0 Å². The van der Waals surface area contributed by atoms with Crippen LogP contribution in [0.4, 0.5) is 5.69 Å². The summed E-state index contributed by atoms with van der Waals surface area (Å²) in [4.78, 5) is 0. The third-order valence-corrected chi connectivity index (χ3v) is 2.40. The minimum absolute atomic E-state index is 0.869. The predicted octanol–water partition coefficient (Wildman–Crippen LogP) is 3.25. The summed E-state index contributed by atoms with van der Waals surface area (Å²) in [6, 6.07) is 4.11. The molecule has 0 saturated heterocycles. The van der Waals surface area contributed by atoms with Crippen LogP contribution in [-0.4, -0.2) is 7.05 Å². The Bertz CT molecular complexity index is 256. The van der Waals surface area contributed by atoms with Crippen LogP contribution in [0.25, 0.3) is 0 Å². The summed E-state index contributed by atoms with van der Waals surface area (Å²) in [7, 11) is 1.93. The average molecular weight is 184 g/mol. The van der Waals surface area contributed by atoms with E-state index in [0.29, 0.717) is 0 Å². The van der Waals surface area contributed by atoms with Gasteiger partial charge in [0.2, 0.25) is 0 Å². The van der Waals surface area contributed by atoms with Crippen LogP contribution in [0.3, 0.4) is 0 Å². The number of rotatable bonds is 2. The molecule has 1 rings (SSSR count). The van der Waals surface area contributed by atoms with E-state index in [1.54, 1.807) is 0 Å². The molecule has 0 unspecified atom stereocenters. The van der Waals surface area contributed by atoms with Crippen LogP contribution in [0.15, 0.2) is 12.1 Å². The van der Waals surface area contributed by atoms with Crippen molar-refractivity contribution in [3.05, 3.63) is 28.3 Å². The highest BCUT2D eigenvalue weighted by molar-refractivity contribution is 6.31. The molecule has 1 nitrogen and oxygen atoms in total. The Morgan fingerprint density at radius 3 is 2.58 bits per heavy atom. The number of hydrogen-bond donors (Lipinski definition) is 1. The molecule has 1 aromatic rings. The molecule has 0 aliphatic rings. The first-order valence-corrected chi connectivity index (χ1v) is 4.53. The van der Waals surface area contributed by atoms with E-state index in [0.717, 1.165) is 17.1 Å². The molecule has 2 heteroatoms. The Morgan fingerprint density at radius 1 is 1.42 bits per heavy atom. The zero-order valence-electron chi connectivity index (χ0n) is 7.74. The van der Waals surface area contributed by atoms with Crippen LogP contribution in [0.2, 0.25) is 5.02 Å². The van der Waals surface area contributed by atoms with Crippen LogP contribution in [0, 0.1) is 6.92 Å². The molecule has 0 fully saturated rings. The normalized spacial score (nSPS) is 10.0. The number of anilines is 1. The number of benzene rings is 1. The highest BCUT2D eigenvalue weighted by Crippen LogP contribution is 2.24. The van der Waals surface area contributed by atoms with Gasteiger partial charge in [-0.3, -0.25) is 0 Å². The topological polar surface area (TPSA) is 12.0 Å². The average Bonchev–Trinajstić information content (AvgIpc) is 2.05. The van der Waals surface area contributed by atoms with Gasteiger partial charge in [-0.2, -0.15) is 0 Å². The van der Waals surface area contributed by atoms with Crippen molar-refractivity contribution in [2.45, 2.75) is 20.3 Å². The van der Waals surface area contributed by atoms with Crippen molar-refractivity contribution in [3.8, 4) is 0 Å². The molecule has 1 N–H and O–H groups in total. The largest absolute Gasteiger partial charge is 0.388 e. The second-order valence-corrected chi connectivity index (χ2v) is 3.27. The summed E-state index contributed by atoms with van der Waals surface area (Å²) in [5.74, 6) is 0. The summed E-state index contributed by atoms with van der Waals surface area (Å²) in [6.07, 6.45) is 0.980. The second-order valence-electron chi connectivity index (χ2n) is 2.86. The smallest absolute Gasteiger partial charge is 0.0442 e. The second kappa shape index (κ2) is 3.81. The highest BCUT2D eigenvalue weighted by Gasteiger charge is 2.02. The van der Waals surface area contributed by atoms with Gasteiger partial charge < -0.3 is 5.32 Å². The Kier molecular flexibility index (Phi) is 2.99. The van der Waals surface area contributed by atoms with Crippen LogP contribution < -0.4 is 5.32 Å². The fraction of sp³-hybridized carbons (Fsp3) is 0.400. The molecule has 1 aromatic carbocycles. The zero-order valence-corrected chi connectivity index (χ0v) is 8.50. The Balaban J connectivity index is 3.18. The summed E-state index contributed by atoms with van der Waals surface area (Å²) < 4.78 is 0. The lowest BCUT2D eigenvalue weighted by molar-refractivity contribution is 1.13. The van der Waals surface area contributed by atoms with Gasteiger partial charge in [0, 0.05) is 17.8 Å². The lowest BCUT2D eigenvalue weighted by Crippen LogP contribution is -1.94. The van der Waals surface area contributed by atoms with Gasteiger partial charge in [0.25, 0.3) is 0 Å². The van der Waals surface area contributed by atoms with Crippen LogP contribution >= 0.6 is 11.6 Å². The first-order chi connectivity index (χ1) is 5.69. The highest BCUT2D eigenvalue weighted by atomic mass is 35.5. The molecule has 0 radical (unpaired) electrons. The third-order valence-electron chi connectivity index (χ3n) is 2.04. The Hall–Kier alpha value is -0.690. The van der Waals surface area contributed by atoms with E-state index in [4.69, 9.17) is 11.6 Å². The van der Waals surface area contributed by atoms with E-state index in [1.165, 1.54) is 11.1 Å². The van der Waals surface area contributed by atoms with E-state index >= 15 is 0 Å². The van der Waals surface area contributed by atoms with Crippen LogP contribution in [-0.2, 0) is 6.42 Å². The van der Waals surface area contributed by atoms with Gasteiger partial charge in [-0.15, -0.1) is 0 Å². The molecule has 0 amide bonds. The van der Waals surface area contributed by atoms with E-state index in [9.17, 15) is 0 Å². The third kappa shape index (κ3) is 1.72. The molecule has 12 heavy (non-hydrogen) atoms. The van der Waals surface area contributed by atoms with Crippen LogP contribution in [0.1, 0.15) is 18.1 Å². The SMILES string of the molecule is CCc1cc(NC)c(C)cc1Cl. The van der Waals surface area contributed by atoms with Crippen molar-refractivity contribution < 1.29 is 0 Å². The van der Waals surface area contributed by atoms with Crippen molar-refractivity contribution >= 4 is 17.3 Å². The minimum atomic E-state index is 0.869. The lowest BCUT2D eigenvalue weighted by atomic mass is 10.1. The lowest BCUT2D eigenvalue weighted by Gasteiger charge is -2.08. The molecular formula is C10H14ClN. The molecule has 0 aliphatic carbocycles. The van der Waals surface area contributed by atoms with Gasteiger partial charge in [-0.25, -0.2) is 0 Å². The van der Waals surface area contributed by atoms with Crippen molar-refractivity contribution in [1.82, 2.24) is 0 Å². The standard InChI is InChI=1S/C10H14ClN/c1-4-8-6-10(12-3)7(2)5-9(8)11/h5-6,12H,4H2,1-3H3. The molecule has 0 saturated carbocycles. The zero-order chi connectivity index (χ0) is 9.14. The Morgan fingerprint density at radius 2 is 2.08 bits per heavy atom. The first kappa shape index (κ1) is 9.40. The maximum Gasteiger partial charge on any atom is 0.0442 e. The monoisotopic (exact) mass is 183 g/mol. The van der Waals surface area contributed by atoms with Crippen molar-refractivity contribution in [1.29, 1.82) is 0 Å². The van der Waals surface area contributed by atoms with Crippen LogP contribution in [0.5, 0.6) is 0 Å². The fourth-order valence-corrected chi connectivity index (χ4v) is 1.61. The van der Waals surface area contributed by atoms with E-state index < -0.39 is 0 Å². The molecule has 66 valence electrons. The number of halogens is 1. The van der Waals surface area contributed by atoms with Gasteiger partial charge in [0.15, 0.2) is 0 Å². The summed E-state index contributed by atoms with van der Waals surface area (Å²) in [5.41, 5.74) is 3.56. The molecule has 0 atom stereocenters. The summed E-state index contributed by atoms with van der Waals surface area (Å²) in [5, 5.41) is 4.01. The maximum absolute atomic E-state index is 6.03. The number of aryl methyl sites for hydroxylation is 2. The van der Waals surface area contributed by atoms with E-state index in [1.807, 2.05) is 13.1 Å². The minimum Gasteiger partial charge on any atom is -0.388 e. The number of hydrogen-bond acceptors (Lipinski definition) is 1. The summed E-state index contributed by atoms with van der Waals surface area (Å²) in [6.45, 7) is 4.16. The fourth-order valence-electron chi connectivity index (χ4n) is 1.26. The van der Waals surface area contributed by atoms with Gasteiger partial charge in [0.05, 0.1) is 0 Å². The van der Waals surface area contributed by atoms with E-state index in [-0.39, 0.29) is 0 Å². The molecule has 0 aliphatic heterocycles. The van der Waals surface area contributed by atoms with Gasteiger partial charge in [-0.1, -0.05) is 18.5 Å². The van der Waals surface area contributed by atoms with Gasteiger partial charge in [-0.05, 0) is 36.6 Å². The summed E-state index contributed by atoms with van der Waals surface area (Å²) >= 11 is 6.03. The quantitative estimate of drug-likeness (QED) is 0.743.